The van der Waals surface area contributed by atoms with Crippen molar-refractivity contribution in [2.75, 3.05) is 0 Å². The Morgan fingerprint density at radius 2 is 1.64 bits per heavy atom. The fraction of sp³-hybridized carbons (Fsp3) is 0.0526. The Kier molecular flexibility index (Phi) is 5.36. The van der Waals surface area contributed by atoms with E-state index in [2.05, 4.69) is 15.9 Å². The van der Waals surface area contributed by atoms with E-state index in [1.807, 2.05) is 0 Å². The smallest absolute Gasteiger partial charge is 0.375 e. The maximum absolute atomic E-state index is 12.9. The molecule has 3 aromatic rings. The van der Waals surface area contributed by atoms with E-state index in [9.17, 15) is 9.59 Å². The van der Waals surface area contributed by atoms with Crippen LogP contribution in [0.1, 0.15) is 32.6 Å². The summed E-state index contributed by atoms with van der Waals surface area (Å²) in [6.07, 6.45) is -1.10. The summed E-state index contributed by atoms with van der Waals surface area (Å²) in [5.41, 5.74) is 0.966. The molecule has 6 heteroatoms. The Labute approximate surface area is 157 Å². The van der Waals surface area contributed by atoms with Gasteiger partial charge in [-0.25, -0.2) is 4.79 Å². The highest BCUT2D eigenvalue weighted by molar-refractivity contribution is 9.10. The summed E-state index contributed by atoms with van der Waals surface area (Å²) < 4.78 is 11.0. The van der Waals surface area contributed by atoms with Crippen molar-refractivity contribution >= 4 is 39.3 Å². The van der Waals surface area contributed by atoms with Gasteiger partial charge in [-0.15, -0.1) is 0 Å². The molecule has 1 aromatic heterocycles. The molecular formula is C19H12BrClO4. The number of benzene rings is 2. The van der Waals surface area contributed by atoms with E-state index in [0.29, 0.717) is 20.8 Å². The molecule has 0 bridgehead atoms. The molecular weight excluding hydrogens is 408 g/mol. The molecule has 126 valence electrons. The molecule has 1 atom stereocenters. The minimum atomic E-state index is -1.10. The minimum Gasteiger partial charge on any atom is -0.443 e. The average Bonchev–Trinajstić information content (AvgIpc) is 3.07. The van der Waals surface area contributed by atoms with Gasteiger partial charge in [-0.2, -0.15) is 0 Å². The average molecular weight is 420 g/mol. The molecule has 0 saturated carbocycles. The topological polar surface area (TPSA) is 56.5 Å². The van der Waals surface area contributed by atoms with Gasteiger partial charge in [0.05, 0.1) is 0 Å². The van der Waals surface area contributed by atoms with E-state index < -0.39 is 12.1 Å². The normalized spacial score (nSPS) is 11.8. The SMILES string of the molecule is O=C(O[C@@H](C(=O)c1ccccc1)c1ccc(Cl)cc1)c1ccc(Br)o1. The predicted molar refractivity (Wildman–Crippen MR) is 96.8 cm³/mol. The summed E-state index contributed by atoms with van der Waals surface area (Å²) in [6, 6.07) is 18.3. The number of Topliss-reactive ketones (excluding diaryl/α,β-unsaturated/α-hetero) is 1. The molecule has 0 unspecified atom stereocenters. The van der Waals surface area contributed by atoms with Crippen LogP contribution in [0.5, 0.6) is 0 Å². The van der Waals surface area contributed by atoms with Gasteiger partial charge in [-0.1, -0.05) is 54.1 Å². The third-order valence-corrected chi connectivity index (χ3v) is 4.15. The van der Waals surface area contributed by atoms with Gasteiger partial charge >= 0.3 is 5.97 Å². The molecule has 4 nitrogen and oxygen atoms in total. The number of carbonyl (C=O) groups excluding carboxylic acids is 2. The highest BCUT2D eigenvalue weighted by Gasteiger charge is 2.27. The molecule has 0 radical (unpaired) electrons. The van der Waals surface area contributed by atoms with E-state index in [1.165, 1.54) is 6.07 Å². The van der Waals surface area contributed by atoms with Crippen LogP contribution in [0.2, 0.25) is 5.02 Å². The van der Waals surface area contributed by atoms with Crippen molar-refractivity contribution in [3.8, 4) is 0 Å². The molecule has 0 aliphatic rings. The number of halogens is 2. The van der Waals surface area contributed by atoms with E-state index >= 15 is 0 Å². The first-order valence-corrected chi connectivity index (χ1v) is 8.53. The molecule has 25 heavy (non-hydrogen) atoms. The van der Waals surface area contributed by atoms with Gasteiger partial charge in [0, 0.05) is 16.1 Å². The van der Waals surface area contributed by atoms with Gasteiger partial charge in [0.15, 0.2) is 10.8 Å². The first kappa shape index (κ1) is 17.5. The van der Waals surface area contributed by atoms with Crippen molar-refractivity contribution < 1.29 is 18.7 Å². The first-order chi connectivity index (χ1) is 12.0. The van der Waals surface area contributed by atoms with Crippen LogP contribution in [0, 0.1) is 0 Å². The summed E-state index contributed by atoms with van der Waals surface area (Å²) >= 11 is 9.03. The van der Waals surface area contributed by atoms with Crippen LogP contribution in [0.4, 0.5) is 0 Å². The van der Waals surface area contributed by atoms with Crippen LogP contribution in [-0.4, -0.2) is 11.8 Å². The summed E-state index contributed by atoms with van der Waals surface area (Å²) in [5.74, 6) is -1.05. The quantitative estimate of drug-likeness (QED) is 0.406. The second-order valence-electron chi connectivity index (χ2n) is 5.17. The summed E-state index contributed by atoms with van der Waals surface area (Å²) in [6.45, 7) is 0. The zero-order valence-corrected chi connectivity index (χ0v) is 15.2. The van der Waals surface area contributed by atoms with Crippen LogP contribution in [0.3, 0.4) is 0 Å². The summed E-state index contributed by atoms with van der Waals surface area (Å²) in [5, 5.41) is 0.524. The lowest BCUT2D eigenvalue weighted by atomic mass is 10.00. The van der Waals surface area contributed by atoms with Gasteiger partial charge in [0.1, 0.15) is 0 Å². The maximum atomic E-state index is 12.9. The lowest BCUT2D eigenvalue weighted by Crippen LogP contribution is -2.20. The highest BCUT2D eigenvalue weighted by atomic mass is 79.9. The van der Waals surface area contributed by atoms with Crippen LogP contribution < -0.4 is 0 Å². The van der Waals surface area contributed by atoms with Crippen molar-refractivity contribution in [2.45, 2.75) is 6.10 Å². The number of hydrogen-bond donors (Lipinski definition) is 0. The van der Waals surface area contributed by atoms with Gasteiger partial charge in [-0.3, -0.25) is 4.79 Å². The largest absolute Gasteiger partial charge is 0.443 e. The molecule has 0 spiro atoms. The lowest BCUT2D eigenvalue weighted by Gasteiger charge is -2.17. The van der Waals surface area contributed by atoms with Crippen LogP contribution in [0.15, 0.2) is 75.8 Å². The molecule has 1 heterocycles. The zero-order valence-electron chi connectivity index (χ0n) is 12.8. The van der Waals surface area contributed by atoms with Crippen LogP contribution in [-0.2, 0) is 4.74 Å². The monoisotopic (exact) mass is 418 g/mol. The van der Waals surface area contributed by atoms with Gasteiger partial charge in [0.25, 0.3) is 0 Å². The molecule has 0 aliphatic carbocycles. The minimum absolute atomic E-state index is 0.00620. The van der Waals surface area contributed by atoms with Crippen molar-refractivity contribution in [3.63, 3.8) is 0 Å². The molecule has 0 amide bonds. The van der Waals surface area contributed by atoms with E-state index in [1.54, 1.807) is 60.7 Å². The van der Waals surface area contributed by atoms with Crippen LogP contribution in [0.25, 0.3) is 0 Å². The van der Waals surface area contributed by atoms with Crippen molar-refractivity contribution in [1.29, 1.82) is 0 Å². The van der Waals surface area contributed by atoms with Crippen molar-refractivity contribution in [2.24, 2.45) is 0 Å². The number of hydrogen-bond acceptors (Lipinski definition) is 4. The van der Waals surface area contributed by atoms with E-state index in [0.717, 1.165) is 0 Å². The number of rotatable bonds is 5. The second kappa shape index (κ2) is 7.68. The third-order valence-electron chi connectivity index (χ3n) is 3.47. The highest BCUT2D eigenvalue weighted by Crippen LogP contribution is 2.26. The standard InChI is InChI=1S/C19H12BrClO4/c20-16-11-10-15(24-16)19(23)25-18(13-6-8-14(21)9-7-13)17(22)12-4-2-1-3-5-12/h1-11,18H/t18-/m1/s1. The Hall–Kier alpha value is -2.37. The number of furan rings is 1. The zero-order chi connectivity index (χ0) is 17.8. The van der Waals surface area contributed by atoms with E-state index in [4.69, 9.17) is 20.8 Å². The first-order valence-electron chi connectivity index (χ1n) is 7.35. The third kappa shape index (κ3) is 4.18. The van der Waals surface area contributed by atoms with Crippen molar-refractivity contribution in [3.05, 3.63) is 93.3 Å². The maximum Gasteiger partial charge on any atom is 0.375 e. The fourth-order valence-electron chi connectivity index (χ4n) is 2.25. The number of esters is 1. The number of ether oxygens (including phenoxy) is 1. The van der Waals surface area contributed by atoms with Gasteiger partial charge < -0.3 is 9.15 Å². The van der Waals surface area contributed by atoms with Gasteiger partial charge in [-0.05, 0) is 40.2 Å². The second-order valence-corrected chi connectivity index (χ2v) is 6.39. The molecule has 3 rings (SSSR count). The predicted octanol–water partition coefficient (Wildman–Crippen LogP) is 5.48. The fourth-order valence-corrected chi connectivity index (χ4v) is 2.69. The van der Waals surface area contributed by atoms with Gasteiger partial charge in [0.2, 0.25) is 11.5 Å². The van der Waals surface area contributed by atoms with E-state index in [-0.39, 0.29) is 11.5 Å². The Morgan fingerprint density at radius 1 is 0.960 bits per heavy atom. The molecule has 0 N–H and O–H groups in total. The molecule has 0 saturated heterocycles. The summed E-state index contributed by atoms with van der Waals surface area (Å²) in [7, 11) is 0. The number of carbonyl (C=O) groups is 2. The summed E-state index contributed by atoms with van der Waals surface area (Å²) in [4.78, 5) is 25.2. The Bertz CT molecular complexity index is 887. The number of ketones is 1. The Balaban J connectivity index is 1.92. The molecule has 0 fully saturated rings. The molecule has 2 aromatic carbocycles. The lowest BCUT2D eigenvalue weighted by molar-refractivity contribution is 0.0249. The molecule has 0 aliphatic heterocycles. The Morgan fingerprint density at radius 3 is 2.24 bits per heavy atom. The van der Waals surface area contributed by atoms with Crippen LogP contribution >= 0.6 is 27.5 Å². The van der Waals surface area contributed by atoms with Crippen molar-refractivity contribution in [1.82, 2.24) is 0 Å².